The molecule has 0 aromatic heterocycles. The summed E-state index contributed by atoms with van der Waals surface area (Å²) in [6, 6.07) is 12.1. The third kappa shape index (κ3) is 3.96. The highest BCUT2D eigenvalue weighted by atomic mass is 35.5. The molecule has 0 bridgehead atoms. The number of para-hydroxylation sites is 1. The van der Waals surface area contributed by atoms with Crippen LogP contribution in [0.25, 0.3) is 0 Å². The molecule has 1 N–H and O–H groups in total. The van der Waals surface area contributed by atoms with Crippen LogP contribution in [0.4, 0.5) is 4.39 Å². The highest BCUT2D eigenvalue weighted by molar-refractivity contribution is 6.30. The number of rotatable bonds is 6. The molecule has 0 heterocycles. The van der Waals surface area contributed by atoms with Gasteiger partial charge in [0, 0.05) is 12.0 Å². The van der Waals surface area contributed by atoms with Crippen molar-refractivity contribution in [1.29, 1.82) is 0 Å². The van der Waals surface area contributed by atoms with E-state index in [0.29, 0.717) is 23.5 Å². The van der Waals surface area contributed by atoms with Gasteiger partial charge in [0.05, 0.1) is 17.7 Å². The summed E-state index contributed by atoms with van der Waals surface area (Å²) in [6.07, 6.45) is 0.192. The lowest BCUT2D eigenvalue weighted by Crippen LogP contribution is -2.07. The number of halogens is 2. The lowest BCUT2D eigenvalue weighted by atomic mass is 10.0. The molecule has 21 heavy (non-hydrogen) atoms. The van der Waals surface area contributed by atoms with Crippen molar-refractivity contribution in [3.05, 3.63) is 64.4 Å². The molecule has 2 aromatic carbocycles. The molecule has 0 amide bonds. The minimum Gasteiger partial charge on any atom is -0.493 e. The van der Waals surface area contributed by atoms with Crippen LogP contribution < -0.4 is 4.74 Å². The molecule has 1 atom stereocenters. The van der Waals surface area contributed by atoms with E-state index in [9.17, 15) is 9.50 Å². The maximum atomic E-state index is 13.9. The maximum absolute atomic E-state index is 13.9. The van der Waals surface area contributed by atoms with Crippen LogP contribution in [-0.2, 0) is 6.42 Å². The second-order valence-electron chi connectivity index (χ2n) is 4.82. The minimum absolute atomic E-state index is 0.0650. The smallest absolute Gasteiger partial charge is 0.145 e. The van der Waals surface area contributed by atoms with Gasteiger partial charge in [-0.3, -0.25) is 0 Å². The van der Waals surface area contributed by atoms with Crippen LogP contribution in [0.3, 0.4) is 0 Å². The van der Waals surface area contributed by atoms with Crippen molar-refractivity contribution in [3.8, 4) is 5.75 Å². The lowest BCUT2D eigenvalue weighted by Gasteiger charge is -2.16. The summed E-state index contributed by atoms with van der Waals surface area (Å²) in [5.41, 5.74) is 1.05. The lowest BCUT2D eigenvalue weighted by molar-refractivity contribution is 0.170. The summed E-state index contributed by atoms with van der Waals surface area (Å²) in [5.74, 6) is 0.152. The van der Waals surface area contributed by atoms with Gasteiger partial charge in [0.25, 0.3) is 0 Å². The molecule has 0 radical (unpaired) electrons. The number of benzene rings is 2. The van der Waals surface area contributed by atoms with Gasteiger partial charge in [-0.15, -0.1) is 0 Å². The first-order valence-corrected chi connectivity index (χ1v) is 7.34. The number of hydrogen-bond acceptors (Lipinski definition) is 2. The summed E-state index contributed by atoms with van der Waals surface area (Å²) < 4.78 is 19.5. The second-order valence-corrected chi connectivity index (χ2v) is 5.23. The Balaban J connectivity index is 2.20. The molecule has 0 aliphatic carbocycles. The van der Waals surface area contributed by atoms with Crippen molar-refractivity contribution in [1.82, 2.24) is 0 Å². The molecule has 2 rings (SSSR count). The van der Waals surface area contributed by atoms with Crippen molar-refractivity contribution in [2.45, 2.75) is 25.9 Å². The second kappa shape index (κ2) is 7.43. The van der Waals surface area contributed by atoms with Gasteiger partial charge in [-0.1, -0.05) is 48.9 Å². The van der Waals surface area contributed by atoms with Crippen LogP contribution in [0.2, 0.25) is 5.02 Å². The molecule has 0 aliphatic rings. The molecule has 0 saturated carbocycles. The zero-order valence-corrected chi connectivity index (χ0v) is 12.6. The molecule has 2 nitrogen and oxygen atoms in total. The van der Waals surface area contributed by atoms with Gasteiger partial charge in [0.1, 0.15) is 11.6 Å². The van der Waals surface area contributed by atoms with Gasteiger partial charge >= 0.3 is 0 Å². The first-order valence-electron chi connectivity index (χ1n) is 6.96. The highest BCUT2D eigenvalue weighted by Gasteiger charge is 2.16. The molecule has 2 aromatic rings. The summed E-state index contributed by atoms with van der Waals surface area (Å²) >= 11 is 5.76. The van der Waals surface area contributed by atoms with Crippen molar-refractivity contribution in [3.63, 3.8) is 0 Å². The van der Waals surface area contributed by atoms with E-state index >= 15 is 0 Å². The van der Waals surface area contributed by atoms with E-state index in [1.54, 1.807) is 18.2 Å². The summed E-state index contributed by atoms with van der Waals surface area (Å²) in [7, 11) is 0. The number of aliphatic hydroxyl groups is 1. The standard InChI is InChI=1S/C17H18ClFO2/c1-2-10-21-16-9-4-3-7-13(16)15(20)11-12-6-5-8-14(18)17(12)19/h3-9,15,20H,2,10-11H2,1H3. The van der Waals surface area contributed by atoms with Gasteiger partial charge in [-0.05, 0) is 24.1 Å². The SMILES string of the molecule is CCCOc1ccccc1C(O)Cc1cccc(Cl)c1F. The highest BCUT2D eigenvalue weighted by Crippen LogP contribution is 2.29. The zero-order chi connectivity index (χ0) is 15.2. The Morgan fingerprint density at radius 1 is 1.19 bits per heavy atom. The van der Waals surface area contributed by atoms with Gasteiger partial charge < -0.3 is 9.84 Å². The Hall–Kier alpha value is -1.58. The number of aliphatic hydroxyl groups excluding tert-OH is 1. The molecule has 4 heteroatoms. The van der Waals surface area contributed by atoms with Gasteiger partial charge in [0.15, 0.2) is 0 Å². The summed E-state index contributed by atoms with van der Waals surface area (Å²) in [6.45, 7) is 2.59. The fraction of sp³-hybridized carbons (Fsp3) is 0.294. The third-order valence-electron chi connectivity index (χ3n) is 3.18. The molecular weight excluding hydrogens is 291 g/mol. The summed E-state index contributed by atoms with van der Waals surface area (Å²) in [5, 5.41) is 10.4. The van der Waals surface area contributed by atoms with Crippen molar-refractivity contribution in [2.75, 3.05) is 6.61 Å². The Morgan fingerprint density at radius 2 is 1.95 bits per heavy atom. The van der Waals surface area contributed by atoms with E-state index < -0.39 is 11.9 Å². The van der Waals surface area contributed by atoms with E-state index in [1.165, 1.54) is 6.07 Å². The predicted octanol–water partition coefficient (Wildman–Crippen LogP) is 4.54. The van der Waals surface area contributed by atoms with Gasteiger partial charge in [-0.2, -0.15) is 0 Å². The van der Waals surface area contributed by atoms with Crippen molar-refractivity contribution < 1.29 is 14.2 Å². The monoisotopic (exact) mass is 308 g/mol. The molecular formula is C17H18ClFO2. The molecule has 0 fully saturated rings. The average Bonchev–Trinajstić information content (AvgIpc) is 2.50. The fourth-order valence-corrected chi connectivity index (χ4v) is 2.32. The third-order valence-corrected chi connectivity index (χ3v) is 3.48. The Labute approximate surface area is 129 Å². The van der Waals surface area contributed by atoms with E-state index in [-0.39, 0.29) is 11.4 Å². The van der Waals surface area contributed by atoms with Crippen LogP contribution in [0.5, 0.6) is 5.75 Å². The number of hydrogen-bond donors (Lipinski definition) is 1. The van der Waals surface area contributed by atoms with Crippen molar-refractivity contribution >= 4 is 11.6 Å². The molecule has 112 valence electrons. The molecule has 0 saturated heterocycles. The van der Waals surface area contributed by atoms with Crippen LogP contribution >= 0.6 is 11.6 Å². The van der Waals surface area contributed by atoms with Crippen molar-refractivity contribution in [2.24, 2.45) is 0 Å². The Morgan fingerprint density at radius 3 is 2.71 bits per heavy atom. The van der Waals surface area contributed by atoms with E-state index in [2.05, 4.69) is 0 Å². The normalized spacial score (nSPS) is 12.2. The molecule has 0 aliphatic heterocycles. The van der Waals surface area contributed by atoms with Crippen LogP contribution in [0, 0.1) is 5.82 Å². The quantitative estimate of drug-likeness (QED) is 0.848. The maximum Gasteiger partial charge on any atom is 0.145 e. The fourth-order valence-electron chi connectivity index (χ4n) is 2.12. The Bertz CT molecular complexity index is 601. The average molecular weight is 309 g/mol. The Kier molecular flexibility index (Phi) is 5.59. The largest absolute Gasteiger partial charge is 0.493 e. The first kappa shape index (κ1) is 15.8. The molecule has 0 spiro atoms. The van der Waals surface area contributed by atoms with Crippen LogP contribution in [-0.4, -0.2) is 11.7 Å². The van der Waals surface area contributed by atoms with Gasteiger partial charge in [-0.25, -0.2) is 4.39 Å². The van der Waals surface area contributed by atoms with Crippen LogP contribution in [0.1, 0.15) is 30.6 Å². The van der Waals surface area contributed by atoms with E-state index in [1.807, 2.05) is 25.1 Å². The van der Waals surface area contributed by atoms with Gasteiger partial charge in [0.2, 0.25) is 0 Å². The summed E-state index contributed by atoms with van der Waals surface area (Å²) in [4.78, 5) is 0. The predicted molar refractivity (Wildman–Crippen MR) is 82.3 cm³/mol. The van der Waals surface area contributed by atoms with E-state index in [4.69, 9.17) is 16.3 Å². The number of ether oxygens (including phenoxy) is 1. The first-order chi connectivity index (χ1) is 10.1. The topological polar surface area (TPSA) is 29.5 Å². The van der Waals surface area contributed by atoms with E-state index in [0.717, 1.165) is 6.42 Å². The minimum atomic E-state index is -0.842. The van der Waals surface area contributed by atoms with Crippen LogP contribution in [0.15, 0.2) is 42.5 Å². The zero-order valence-electron chi connectivity index (χ0n) is 11.9. The molecule has 1 unspecified atom stereocenters.